The molecule has 0 spiro atoms. The molecular weight excluding hydrogens is 349 g/mol. The van der Waals surface area contributed by atoms with Crippen LogP contribution in [0.25, 0.3) is 11.3 Å². The number of nitrogens with one attached hydrogen (secondary N) is 2. The lowest BCUT2D eigenvalue weighted by Gasteiger charge is -2.18. The van der Waals surface area contributed by atoms with Crippen molar-refractivity contribution >= 4 is 5.91 Å². The molecule has 1 aromatic heterocycles. The van der Waals surface area contributed by atoms with E-state index in [4.69, 9.17) is 9.47 Å². The molecule has 138 valence electrons. The Bertz CT molecular complexity index is 953. The number of rotatable bonds is 5. The number of hydrogen-bond donors (Lipinski definition) is 2. The minimum absolute atomic E-state index is 0.226. The number of carbonyl (C=O) groups excluding carboxylic acids is 1. The molecule has 0 atom stereocenters. The van der Waals surface area contributed by atoms with Crippen LogP contribution < -0.4 is 14.8 Å². The lowest BCUT2D eigenvalue weighted by Crippen LogP contribution is -2.25. The Labute approximate surface area is 155 Å². The van der Waals surface area contributed by atoms with Crippen LogP contribution in [-0.2, 0) is 6.42 Å². The minimum Gasteiger partial charge on any atom is -0.486 e. The second-order valence-corrected chi connectivity index (χ2v) is 6.15. The van der Waals surface area contributed by atoms with Gasteiger partial charge in [0.25, 0.3) is 5.91 Å². The molecule has 27 heavy (non-hydrogen) atoms. The number of ether oxygens (including phenoxy) is 2. The first-order chi connectivity index (χ1) is 13.2. The zero-order chi connectivity index (χ0) is 18.6. The van der Waals surface area contributed by atoms with Gasteiger partial charge in [-0.15, -0.1) is 0 Å². The topological polar surface area (TPSA) is 76.2 Å². The third-order valence-electron chi connectivity index (χ3n) is 4.33. The quantitative estimate of drug-likeness (QED) is 0.727. The van der Waals surface area contributed by atoms with E-state index in [9.17, 15) is 9.18 Å². The van der Waals surface area contributed by atoms with Crippen molar-refractivity contribution in [2.75, 3.05) is 19.8 Å². The van der Waals surface area contributed by atoms with Gasteiger partial charge in [0.1, 0.15) is 19.0 Å². The van der Waals surface area contributed by atoms with Crippen molar-refractivity contribution in [3.63, 3.8) is 0 Å². The summed E-state index contributed by atoms with van der Waals surface area (Å²) in [7, 11) is 0. The number of H-pyrrole nitrogens is 1. The summed E-state index contributed by atoms with van der Waals surface area (Å²) in [5.74, 6) is 0.840. The average molecular weight is 367 g/mol. The van der Waals surface area contributed by atoms with E-state index in [1.54, 1.807) is 12.1 Å². The Hall–Kier alpha value is -3.35. The molecule has 6 nitrogen and oxygen atoms in total. The molecule has 4 rings (SSSR count). The second-order valence-electron chi connectivity index (χ2n) is 6.15. The fourth-order valence-electron chi connectivity index (χ4n) is 2.94. The minimum atomic E-state index is -0.273. The van der Waals surface area contributed by atoms with Gasteiger partial charge in [0.05, 0.1) is 17.5 Å². The highest BCUT2D eigenvalue weighted by Gasteiger charge is 2.18. The van der Waals surface area contributed by atoms with Gasteiger partial charge in [0.2, 0.25) is 0 Å². The molecule has 0 bridgehead atoms. The molecule has 1 amide bonds. The number of nitrogens with zero attached hydrogens (tertiary/aromatic N) is 1. The summed E-state index contributed by atoms with van der Waals surface area (Å²) in [5.41, 5.74) is 2.81. The van der Waals surface area contributed by atoms with Gasteiger partial charge >= 0.3 is 0 Å². The lowest BCUT2D eigenvalue weighted by molar-refractivity contribution is 0.0955. The van der Waals surface area contributed by atoms with Crippen LogP contribution in [0, 0.1) is 5.82 Å². The monoisotopic (exact) mass is 367 g/mol. The zero-order valence-electron chi connectivity index (χ0n) is 14.5. The van der Waals surface area contributed by atoms with Crippen molar-refractivity contribution in [2.45, 2.75) is 6.42 Å². The predicted molar refractivity (Wildman–Crippen MR) is 97.5 cm³/mol. The lowest BCUT2D eigenvalue weighted by atomic mass is 10.1. The van der Waals surface area contributed by atoms with Crippen molar-refractivity contribution in [3.8, 4) is 22.8 Å². The van der Waals surface area contributed by atoms with Crippen molar-refractivity contribution in [2.24, 2.45) is 0 Å². The van der Waals surface area contributed by atoms with Crippen LogP contribution in [0.15, 0.2) is 48.7 Å². The smallest absolute Gasteiger partial charge is 0.255 e. The van der Waals surface area contributed by atoms with Crippen molar-refractivity contribution in [1.29, 1.82) is 0 Å². The summed E-state index contributed by atoms with van der Waals surface area (Å²) >= 11 is 0. The molecule has 0 radical (unpaired) electrons. The number of fused-ring (bicyclic) bond motifs is 1. The van der Waals surface area contributed by atoms with Crippen LogP contribution in [-0.4, -0.2) is 35.9 Å². The molecule has 0 unspecified atom stereocenters. The summed E-state index contributed by atoms with van der Waals surface area (Å²) in [4.78, 5) is 12.5. The number of aromatic nitrogens is 2. The normalized spacial score (nSPS) is 12.6. The first kappa shape index (κ1) is 17.1. The molecule has 0 fully saturated rings. The molecular formula is C20H18FN3O3. The Morgan fingerprint density at radius 2 is 1.89 bits per heavy atom. The third-order valence-corrected chi connectivity index (χ3v) is 4.33. The molecule has 0 aliphatic carbocycles. The Kier molecular flexibility index (Phi) is 4.74. The van der Waals surface area contributed by atoms with Crippen LogP contribution in [0.1, 0.15) is 15.9 Å². The van der Waals surface area contributed by atoms with Crippen LogP contribution in [0.3, 0.4) is 0 Å². The van der Waals surface area contributed by atoms with Crippen LogP contribution in [0.5, 0.6) is 11.5 Å². The highest BCUT2D eigenvalue weighted by molar-refractivity contribution is 5.99. The van der Waals surface area contributed by atoms with Crippen LogP contribution >= 0.6 is 0 Å². The van der Waals surface area contributed by atoms with Gasteiger partial charge in [-0.05, 0) is 42.3 Å². The third kappa shape index (κ3) is 3.76. The molecule has 7 heteroatoms. The van der Waals surface area contributed by atoms with E-state index in [2.05, 4.69) is 15.5 Å². The maximum Gasteiger partial charge on any atom is 0.255 e. The fraction of sp³-hybridized carbons (Fsp3) is 0.200. The van der Waals surface area contributed by atoms with Gasteiger partial charge in [0.15, 0.2) is 11.5 Å². The summed E-state index contributed by atoms with van der Waals surface area (Å²) in [5, 5.41) is 9.76. The number of hydrogen-bond acceptors (Lipinski definition) is 4. The Balaban J connectivity index is 1.45. The van der Waals surface area contributed by atoms with E-state index >= 15 is 0 Å². The van der Waals surface area contributed by atoms with E-state index in [0.717, 1.165) is 11.1 Å². The van der Waals surface area contributed by atoms with E-state index in [-0.39, 0.29) is 11.7 Å². The standard InChI is InChI=1S/C20H18FN3O3/c21-15-4-1-13(2-5-15)7-8-22-20(25)16-12-23-24-19(16)14-3-6-17-18(11-14)27-10-9-26-17/h1-6,11-12H,7-10H2,(H,22,25)(H,23,24). The molecule has 3 aromatic rings. The van der Waals surface area contributed by atoms with Crippen LogP contribution in [0.2, 0.25) is 0 Å². The van der Waals surface area contributed by atoms with Gasteiger partial charge < -0.3 is 14.8 Å². The van der Waals surface area contributed by atoms with Crippen molar-refractivity contribution in [3.05, 3.63) is 65.6 Å². The van der Waals surface area contributed by atoms with Gasteiger partial charge in [-0.25, -0.2) is 4.39 Å². The summed E-state index contributed by atoms with van der Waals surface area (Å²) in [6, 6.07) is 11.7. The summed E-state index contributed by atoms with van der Waals surface area (Å²) in [6.45, 7) is 1.46. The van der Waals surface area contributed by atoms with E-state index in [1.807, 2.05) is 18.2 Å². The molecule has 2 heterocycles. The van der Waals surface area contributed by atoms with E-state index < -0.39 is 0 Å². The maximum atomic E-state index is 12.9. The van der Waals surface area contributed by atoms with Gasteiger partial charge in [-0.1, -0.05) is 12.1 Å². The predicted octanol–water partition coefficient (Wildman–Crippen LogP) is 2.96. The molecule has 2 aromatic carbocycles. The SMILES string of the molecule is O=C(NCCc1ccc(F)cc1)c1cn[nH]c1-c1ccc2c(c1)OCCO2. The first-order valence-corrected chi connectivity index (χ1v) is 8.67. The largest absolute Gasteiger partial charge is 0.486 e. The van der Waals surface area contributed by atoms with Crippen molar-refractivity contribution in [1.82, 2.24) is 15.5 Å². The maximum absolute atomic E-state index is 12.9. The van der Waals surface area contributed by atoms with E-state index in [1.165, 1.54) is 18.3 Å². The average Bonchev–Trinajstić information content (AvgIpc) is 3.19. The van der Waals surface area contributed by atoms with E-state index in [0.29, 0.717) is 48.9 Å². The number of benzene rings is 2. The van der Waals surface area contributed by atoms with Gasteiger partial charge in [-0.2, -0.15) is 5.10 Å². The molecule has 1 aliphatic heterocycles. The summed E-state index contributed by atoms with van der Waals surface area (Å²) < 4.78 is 24.1. The number of aromatic amines is 1. The number of amides is 1. The van der Waals surface area contributed by atoms with Crippen LogP contribution in [0.4, 0.5) is 4.39 Å². The highest BCUT2D eigenvalue weighted by atomic mass is 19.1. The molecule has 1 aliphatic rings. The first-order valence-electron chi connectivity index (χ1n) is 8.67. The molecule has 0 saturated heterocycles. The Morgan fingerprint density at radius 3 is 2.70 bits per heavy atom. The molecule has 2 N–H and O–H groups in total. The fourth-order valence-corrected chi connectivity index (χ4v) is 2.94. The van der Waals surface area contributed by atoms with Gasteiger partial charge in [0, 0.05) is 12.1 Å². The second kappa shape index (κ2) is 7.49. The molecule has 0 saturated carbocycles. The Morgan fingerprint density at radius 1 is 1.11 bits per heavy atom. The highest BCUT2D eigenvalue weighted by Crippen LogP contribution is 2.34. The zero-order valence-corrected chi connectivity index (χ0v) is 14.5. The van der Waals surface area contributed by atoms with Crippen molar-refractivity contribution < 1.29 is 18.7 Å². The summed E-state index contributed by atoms with van der Waals surface area (Å²) in [6.07, 6.45) is 2.11. The van der Waals surface area contributed by atoms with Gasteiger partial charge in [-0.3, -0.25) is 9.89 Å². The number of carbonyl (C=O) groups is 1. The number of halogens is 1.